The normalized spacial score (nSPS) is 19.7. The van der Waals surface area contributed by atoms with E-state index < -0.39 is 5.82 Å². The number of ketones is 1. The Kier molecular flexibility index (Phi) is 5.95. The zero-order valence-electron chi connectivity index (χ0n) is 14.3. The van der Waals surface area contributed by atoms with Crippen LogP contribution in [0.15, 0.2) is 30.5 Å². The summed E-state index contributed by atoms with van der Waals surface area (Å²) in [6, 6.07) is 6.50. The smallest absolute Gasteiger partial charge is 0.226 e. The summed E-state index contributed by atoms with van der Waals surface area (Å²) in [4.78, 5) is 23.7. The summed E-state index contributed by atoms with van der Waals surface area (Å²) in [6.07, 6.45) is 6.45. The molecule has 26 heavy (non-hydrogen) atoms. The van der Waals surface area contributed by atoms with E-state index in [0.29, 0.717) is 24.2 Å². The van der Waals surface area contributed by atoms with Crippen LogP contribution in [0.4, 0.5) is 10.1 Å². The molecule has 1 fully saturated rings. The number of aromatic nitrogens is 2. The fraction of sp³-hybridized carbons (Fsp3) is 0.400. The van der Waals surface area contributed by atoms with Crippen molar-refractivity contribution in [3.63, 3.8) is 0 Å². The van der Waals surface area contributed by atoms with Crippen molar-refractivity contribution in [3.8, 4) is 0 Å². The molecule has 0 amide bonds. The number of carbonyl (C=O) groups excluding carboxylic acids is 1. The highest BCUT2D eigenvalue weighted by Gasteiger charge is 2.26. The van der Waals surface area contributed by atoms with E-state index in [1.165, 1.54) is 0 Å². The lowest BCUT2D eigenvalue weighted by Gasteiger charge is -2.28. The van der Waals surface area contributed by atoms with Crippen LogP contribution < -0.4 is 0 Å². The Morgan fingerprint density at radius 2 is 2.15 bits per heavy atom. The number of nitrogens with zero attached hydrogens (tertiary/aromatic N) is 3. The molecule has 2 heterocycles. The molecule has 2 aromatic rings. The second-order valence-electron chi connectivity index (χ2n) is 6.78. The number of Topliss-reactive ketones (excluding diaryl/α,β-unsaturated/α-hetero) is 1. The minimum absolute atomic E-state index is 0.0374. The number of carbonyl (C=O) groups is 1. The average molecular weight is 372 g/mol. The first-order valence-corrected chi connectivity index (χ1v) is 9.11. The number of hydrogen-bond acceptors (Lipinski definition) is 3. The average Bonchev–Trinajstić information content (AvgIpc) is 2.65. The van der Waals surface area contributed by atoms with Crippen LogP contribution in [0.25, 0.3) is 4.85 Å². The maximum Gasteiger partial charge on any atom is 0.226 e. The second kappa shape index (κ2) is 8.37. The molecule has 0 saturated heterocycles. The summed E-state index contributed by atoms with van der Waals surface area (Å²) in [5.41, 5.74) is 0.850. The molecule has 0 aliphatic heterocycles. The lowest BCUT2D eigenvalue weighted by atomic mass is 9.77. The van der Waals surface area contributed by atoms with Crippen LogP contribution >= 0.6 is 11.6 Å². The molecule has 0 radical (unpaired) electrons. The van der Waals surface area contributed by atoms with Gasteiger partial charge in [-0.1, -0.05) is 30.5 Å². The van der Waals surface area contributed by atoms with Gasteiger partial charge >= 0.3 is 0 Å². The van der Waals surface area contributed by atoms with Gasteiger partial charge in [-0.25, -0.2) is 14.2 Å². The van der Waals surface area contributed by atoms with E-state index in [1.807, 2.05) is 6.07 Å². The maximum absolute atomic E-state index is 14.2. The number of pyridine rings is 2. The molecule has 1 aliphatic carbocycles. The molecule has 2 aromatic heterocycles. The zero-order valence-corrected chi connectivity index (χ0v) is 15.0. The first-order valence-electron chi connectivity index (χ1n) is 8.73. The molecule has 0 unspecified atom stereocenters. The van der Waals surface area contributed by atoms with Crippen molar-refractivity contribution < 1.29 is 9.18 Å². The van der Waals surface area contributed by atoms with Gasteiger partial charge in [0.05, 0.1) is 12.3 Å². The van der Waals surface area contributed by atoms with E-state index in [4.69, 9.17) is 18.2 Å². The third kappa shape index (κ3) is 4.44. The van der Waals surface area contributed by atoms with E-state index in [2.05, 4.69) is 14.8 Å². The molecular formula is C20H19ClFN3O. The lowest BCUT2D eigenvalue weighted by molar-refractivity contribution is 0.0934. The van der Waals surface area contributed by atoms with Crippen LogP contribution in [0, 0.1) is 24.2 Å². The SMILES string of the molecule is [C-]#[N+]c1cc(F)c(C[C@@H]2CCC[C@H](CC(=O)c3ccccn3)C2)nc1Cl. The largest absolute Gasteiger partial charge is 0.292 e. The summed E-state index contributed by atoms with van der Waals surface area (Å²) >= 11 is 5.94. The third-order valence-corrected chi connectivity index (χ3v) is 5.18. The van der Waals surface area contributed by atoms with Crippen molar-refractivity contribution in [1.29, 1.82) is 0 Å². The molecule has 4 nitrogen and oxygen atoms in total. The minimum Gasteiger partial charge on any atom is -0.292 e. The van der Waals surface area contributed by atoms with Crippen LogP contribution in [0.1, 0.15) is 48.3 Å². The minimum atomic E-state index is -0.480. The Labute approximate surface area is 157 Å². The van der Waals surface area contributed by atoms with Gasteiger partial charge in [-0.3, -0.25) is 9.78 Å². The maximum atomic E-state index is 14.2. The Morgan fingerprint density at radius 3 is 2.88 bits per heavy atom. The Balaban J connectivity index is 1.63. The van der Waals surface area contributed by atoms with Gasteiger partial charge in [0.2, 0.25) is 5.69 Å². The number of halogens is 2. The second-order valence-corrected chi connectivity index (χ2v) is 7.14. The van der Waals surface area contributed by atoms with Gasteiger partial charge in [-0.15, -0.1) is 0 Å². The molecular weight excluding hydrogens is 353 g/mol. The van der Waals surface area contributed by atoms with E-state index in [0.717, 1.165) is 31.7 Å². The van der Waals surface area contributed by atoms with E-state index in [-0.39, 0.29) is 28.5 Å². The van der Waals surface area contributed by atoms with Gasteiger partial charge in [-0.2, -0.15) is 0 Å². The van der Waals surface area contributed by atoms with Crippen LogP contribution in [0.2, 0.25) is 5.15 Å². The molecule has 134 valence electrons. The predicted molar refractivity (Wildman–Crippen MR) is 97.8 cm³/mol. The van der Waals surface area contributed by atoms with Crippen molar-refractivity contribution in [2.24, 2.45) is 11.8 Å². The highest BCUT2D eigenvalue weighted by Crippen LogP contribution is 2.35. The number of hydrogen-bond donors (Lipinski definition) is 0. The van der Waals surface area contributed by atoms with Crippen molar-refractivity contribution in [3.05, 3.63) is 64.2 Å². The van der Waals surface area contributed by atoms with Gasteiger partial charge in [0, 0.05) is 12.6 Å². The van der Waals surface area contributed by atoms with Crippen LogP contribution in [0.5, 0.6) is 0 Å². The first kappa shape index (κ1) is 18.5. The van der Waals surface area contributed by atoms with Gasteiger partial charge in [-0.05, 0) is 49.3 Å². The van der Waals surface area contributed by atoms with Crippen molar-refractivity contribution in [1.82, 2.24) is 9.97 Å². The monoisotopic (exact) mass is 371 g/mol. The molecule has 0 N–H and O–H groups in total. The van der Waals surface area contributed by atoms with Crippen molar-refractivity contribution in [2.45, 2.75) is 38.5 Å². The summed E-state index contributed by atoms with van der Waals surface area (Å²) in [6.45, 7) is 6.96. The van der Waals surface area contributed by atoms with E-state index in [1.54, 1.807) is 18.3 Å². The van der Waals surface area contributed by atoms with Gasteiger partial charge in [0.15, 0.2) is 5.78 Å². The molecule has 2 atom stereocenters. The predicted octanol–water partition coefficient (Wildman–Crippen LogP) is 5.44. The highest BCUT2D eigenvalue weighted by molar-refractivity contribution is 6.32. The Morgan fingerprint density at radius 1 is 1.35 bits per heavy atom. The first-order chi connectivity index (χ1) is 12.6. The molecule has 1 saturated carbocycles. The van der Waals surface area contributed by atoms with Crippen LogP contribution in [0.3, 0.4) is 0 Å². The fourth-order valence-electron chi connectivity index (χ4n) is 3.65. The summed E-state index contributed by atoms with van der Waals surface area (Å²) in [5, 5.41) is 0.0501. The molecule has 0 spiro atoms. The lowest BCUT2D eigenvalue weighted by Crippen LogP contribution is -2.21. The fourth-order valence-corrected chi connectivity index (χ4v) is 3.85. The Bertz CT molecular complexity index is 835. The quantitative estimate of drug-likeness (QED) is 0.399. The highest BCUT2D eigenvalue weighted by atomic mass is 35.5. The van der Waals surface area contributed by atoms with E-state index >= 15 is 0 Å². The zero-order chi connectivity index (χ0) is 18.5. The summed E-state index contributed by atoms with van der Waals surface area (Å²) < 4.78 is 14.2. The Hall–Kier alpha value is -2.32. The summed E-state index contributed by atoms with van der Waals surface area (Å²) in [5.74, 6) is 0.128. The van der Waals surface area contributed by atoms with E-state index in [9.17, 15) is 9.18 Å². The molecule has 0 bridgehead atoms. The van der Waals surface area contributed by atoms with Crippen LogP contribution in [-0.4, -0.2) is 15.8 Å². The molecule has 3 rings (SSSR count). The molecule has 0 aromatic carbocycles. The van der Waals surface area contributed by atoms with Crippen LogP contribution in [-0.2, 0) is 6.42 Å². The van der Waals surface area contributed by atoms with Gasteiger partial charge in [0.25, 0.3) is 0 Å². The number of rotatable bonds is 5. The molecule has 6 heteroatoms. The van der Waals surface area contributed by atoms with Gasteiger partial charge < -0.3 is 0 Å². The summed E-state index contributed by atoms with van der Waals surface area (Å²) in [7, 11) is 0. The molecule has 1 aliphatic rings. The van der Waals surface area contributed by atoms with Gasteiger partial charge in [0.1, 0.15) is 16.7 Å². The van der Waals surface area contributed by atoms with Crippen molar-refractivity contribution >= 4 is 23.1 Å². The topological polar surface area (TPSA) is 47.2 Å². The standard InChI is InChI=1S/C20H19ClFN3O/c1-23-18-12-15(22)17(25-20(18)21)10-13-5-4-6-14(9-13)11-19(26)16-7-2-3-8-24-16/h2-3,7-8,12-14H,4-6,9-11H2/t13-,14+/m1/s1. The third-order valence-electron chi connectivity index (χ3n) is 4.90. The van der Waals surface area contributed by atoms with Crippen molar-refractivity contribution in [2.75, 3.05) is 0 Å².